The number of hydrogen-bond donors (Lipinski definition) is 2. The summed E-state index contributed by atoms with van der Waals surface area (Å²) in [5, 5.41) is 2.78. The van der Waals surface area contributed by atoms with Crippen LogP contribution in [-0.4, -0.2) is 120 Å². The Labute approximate surface area is 303 Å². The van der Waals surface area contributed by atoms with Crippen LogP contribution in [0.5, 0.6) is 0 Å². The van der Waals surface area contributed by atoms with E-state index < -0.39 is 23.3 Å². The number of alkyl halides is 3. The van der Waals surface area contributed by atoms with E-state index in [2.05, 4.69) is 22.0 Å². The number of likely N-dealkylation sites (N-methyl/N-ethyl adjacent to an activating group) is 1. The van der Waals surface area contributed by atoms with Crippen LogP contribution in [0.15, 0.2) is 36.4 Å². The third-order valence-corrected chi connectivity index (χ3v) is 11.6. The number of carbonyl (C=O) groups excluding carboxylic acids is 3. The third-order valence-electron chi connectivity index (χ3n) is 11.3. The fraction of sp³-hybridized carbons (Fsp3) is 0.595. The molecule has 3 fully saturated rings. The Kier molecular flexibility index (Phi) is 11.7. The number of rotatable bonds is 8. The van der Waals surface area contributed by atoms with Gasteiger partial charge in [-0.15, -0.1) is 0 Å². The predicted molar refractivity (Wildman–Crippen MR) is 191 cm³/mol. The van der Waals surface area contributed by atoms with Gasteiger partial charge < -0.3 is 30.7 Å². The standard InChI is InChI=1S/C37H49ClF3N7O3/c1-2-44-17-19-45(20-18-44)28-8-14-47(15-9-28)35(50)27(21-25-22-30(37(39,40)41)34(42)31(38)23-25)24-33(49)46-12-10-29(11-13-46)48-16-7-26-5-3-4-6-32(26)43-36(48)51/h3-6,22-23,27-29H,2,7-21,24,42H2,1H3,(H,43,51). The number of likely N-dealkylation sites (tertiary alicyclic amines) is 2. The Balaban J connectivity index is 1.11. The average Bonchev–Trinajstić information content (AvgIpc) is 3.30. The van der Waals surface area contributed by atoms with Crippen LogP contribution in [0.4, 0.5) is 29.3 Å². The summed E-state index contributed by atoms with van der Waals surface area (Å²) in [7, 11) is 0. The van der Waals surface area contributed by atoms with Crippen molar-refractivity contribution in [3.05, 3.63) is 58.1 Å². The fourth-order valence-corrected chi connectivity index (χ4v) is 8.46. The van der Waals surface area contributed by atoms with Crippen molar-refractivity contribution in [2.24, 2.45) is 5.92 Å². The topological polar surface area (TPSA) is 105 Å². The van der Waals surface area contributed by atoms with Gasteiger partial charge in [-0.1, -0.05) is 36.7 Å². The number of piperidine rings is 2. The molecule has 4 aliphatic rings. The highest BCUT2D eigenvalue weighted by Crippen LogP contribution is 2.38. The van der Waals surface area contributed by atoms with Gasteiger partial charge in [-0.2, -0.15) is 13.2 Å². The first-order valence-corrected chi connectivity index (χ1v) is 18.6. The molecule has 3 saturated heterocycles. The van der Waals surface area contributed by atoms with E-state index in [1.165, 1.54) is 6.07 Å². The smallest absolute Gasteiger partial charge is 0.397 e. The fourth-order valence-electron chi connectivity index (χ4n) is 8.22. The lowest BCUT2D eigenvalue weighted by atomic mass is 9.91. The van der Waals surface area contributed by atoms with E-state index in [4.69, 9.17) is 17.3 Å². The molecule has 0 saturated carbocycles. The molecule has 2 aromatic carbocycles. The molecule has 3 N–H and O–H groups in total. The van der Waals surface area contributed by atoms with Crippen LogP contribution in [0.1, 0.15) is 55.7 Å². The number of amides is 4. The van der Waals surface area contributed by atoms with Crippen molar-refractivity contribution < 1.29 is 27.6 Å². The van der Waals surface area contributed by atoms with Crippen molar-refractivity contribution in [1.82, 2.24) is 24.5 Å². The molecule has 1 unspecified atom stereocenters. The number of hydrogen-bond acceptors (Lipinski definition) is 6. The number of benzene rings is 2. The summed E-state index contributed by atoms with van der Waals surface area (Å²) in [4.78, 5) is 51.4. The Bertz CT molecular complexity index is 1570. The van der Waals surface area contributed by atoms with Gasteiger partial charge in [0.1, 0.15) is 0 Å². The highest BCUT2D eigenvalue weighted by molar-refractivity contribution is 6.33. The molecule has 2 aromatic rings. The Morgan fingerprint density at radius 1 is 0.922 bits per heavy atom. The van der Waals surface area contributed by atoms with E-state index in [1.54, 1.807) is 9.80 Å². The summed E-state index contributed by atoms with van der Waals surface area (Å²) in [6.07, 6.45) is -1.38. The van der Waals surface area contributed by atoms with Gasteiger partial charge in [-0.05, 0) is 74.4 Å². The zero-order chi connectivity index (χ0) is 36.3. The van der Waals surface area contributed by atoms with Gasteiger partial charge >= 0.3 is 12.2 Å². The Morgan fingerprint density at radius 2 is 1.57 bits per heavy atom. The van der Waals surface area contributed by atoms with Gasteiger partial charge in [0.15, 0.2) is 0 Å². The largest absolute Gasteiger partial charge is 0.418 e. The SMILES string of the molecule is CCN1CCN(C2CCN(C(=O)C(CC(=O)N3CCC(N4CCc5ccccc5NC4=O)CC3)Cc3cc(Cl)c(N)c(C(F)(F)F)c3)CC2)CC1. The number of anilines is 2. The molecule has 4 aliphatic heterocycles. The molecule has 0 spiro atoms. The van der Waals surface area contributed by atoms with E-state index in [-0.39, 0.29) is 47.3 Å². The van der Waals surface area contributed by atoms with Crippen molar-refractivity contribution in [1.29, 1.82) is 0 Å². The van der Waals surface area contributed by atoms with Crippen LogP contribution >= 0.6 is 11.6 Å². The summed E-state index contributed by atoms with van der Waals surface area (Å²) in [5.41, 5.74) is 6.20. The second kappa shape index (κ2) is 16.0. The van der Waals surface area contributed by atoms with E-state index in [0.29, 0.717) is 51.6 Å². The van der Waals surface area contributed by atoms with Gasteiger partial charge in [0.2, 0.25) is 11.8 Å². The zero-order valence-corrected chi connectivity index (χ0v) is 30.0. The lowest BCUT2D eigenvalue weighted by molar-refractivity contribution is -0.143. The maximum Gasteiger partial charge on any atom is 0.418 e. The molecule has 4 amide bonds. The highest BCUT2D eigenvalue weighted by Gasteiger charge is 2.38. The molecule has 278 valence electrons. The minimum absolute atomic E-state index is 0.0373. The number of halogens is 4. The average molecular weight is 732 g/mol. The van der Waals surface area contributed by atoms with Gasteiger partial charge in [0, 0.05) is 83.1 Å². The summed E-state index contributed by atoms with van der Waals surface area (Å²) < 4.78 is 41.6. The number of nitrogens with two attached hydrogens (primary N) is 1. The number of nitrogens with one attached hydrogen (secondary N) is 1. The lowest BCUT2D eigenvalue weighted by Crippen LogP contribution is -2.54. The molecule has 0 aliphatic carbocycles. The van der Waals surface area contributed by atoms with Crippen LogP contribution < -0.4 is 11.1 Å². The van der Waals surface area contributed by atoms with Crippen molar-refractivity contribution in [3.63, 3.8) is 0 Å². The number of carbonyl (C=O) groups is 3. The van der Waals surface area contributed by atoms with Crippen LogP contribution in [0.3, 0.4) is 0 Å². The number of piperazine rings is 1. The second-order valence-electron chi connectivity index (χ2n) is 14.3. The number of urea groups is 1. The van der Waals surface area contributed by atoms with Gasteiger partial charge in [-0.25, -0.2) is 4.79 Å². The molecule has 6 rings (SSSR count). The van der Waals surface area contributed by atoms with E-state index in [9.17, 15) is 27.6 Å². The second-order valence-corrected chi connectivity index (χ2v) is 14.7. The number of nitrogens with zero attached hydrogens (tertiary/aromatic N) is 5. The third kappa shape index (κ3) is 8.74. The molecule has 0 radical (unpaired) electrons. The van der Waals surface area contributed by atoms with Crippen LogP contribution in [0, 0.1) is 5.92 Å². The Hall–Kier alpha value is -3.55. The molecular formula is C37H49ClF3N7O3. The van der Waals surface area contributed by atoms with E-state index in [1.807, 2.05) is 29.2 Å². The molecule has 1 atom stereocenters. The van der Waals surface area contributed by atoms with Crippen molar-refractivity contribution in [3.8, 4) is 0 Å². The molecule has 51 heavy (non-hydrogen) atoms. The molecular weight excluding hydrogens is 683 g/mol. The zero-order valence-electron chi connectivity index (χ0n) is 29.3. The van der Waals surface area contributed by atoms with Crippen molar-refractivity contribution in [2.45, 2.75) is 70.1 Å². The molecule has 0 aromatic heterocycles. The molecule has 14 heteroatoms. The molecule has 4 heterocycles. The van der Waals surface area contributed by atoms with E-state index >= 15 is 0 Å². The first-order chi connectivity index (χ1) is 24.4. The van der Waals surface area contributed by atoms with Crippen molar-refractivity contribution >= 4 is 40.8 Å². The highest BCUT2D eigenvalue weighted by atomic mass is 35.5. The summed E-state index contributed by atoms with van der Waals surface area (Å²) in [5.74, 6) is -1.31. The monoisotopic (exact) mass is 731 g/mol. The van der Waals surface area contributed by atoms with Crippen LogP contribution in [0.25, 0.3) is 0 Å². The quantitative estimate of drug-likeness (QED) is 0.362. The molecule has 10 nitrogen and oxygen atoms in total. The number of para-hydroxylation sites is 1. The maximum atomic E-state index is 14.1. The number of nitrogen functional groups attached to an aromatic ring is 1. The minimum atomic E-state index is -4.72. The molecule has 0 bridgehead atoms. The van der Waals surface area contributed by atoms with E-state index in [0.717, 1.165) is 69.3 Å². The van der Waals surface area contributed by atoms with Gasteiger partial charge in [0.25, 0.3) is 0 Å². The van der Waals surface area contributed by atoms with Crippen molar-refractivity contribution in [2.75, 3.05) is 76.5 Å². The summed E-state index contributed by atoms with van der Waals surface area (Å²) >= 11 is 6.16. The lowest BCUT2D eigenvalue weighted by Gasteiger charge is -2.43. The summed E-state index contributed by atoms with van der Waals surface area (Å²) in [6, 6.07) is 10.3. The van der Waals surface area contributed by atoms with Gasteiger partial charge in [0.05, 0.1) is 22.2 Å². The number of fused-ring (bicyclic) bond motifs is 1. The van der Waals surface area contributed by atoms with Crippen LogP contribution in [0.2, 0.25) is 5.02 Å². The predicted octanol–water partition coefficient (Wildman–Crippen LogP) is 5.20. The van der Waals surface area contributed by atoms with Crippen LogP contribution in [-0.2, 0) is 28.6 Å². The summed E-state index contributed by atoms with van der Waals surface area (Å²) in [6.45, 7) is 9.74. The minimum Gasteiger partial charge on any atom is -0.397 e. The first kappa shape index (κ1) is 37.2. The Morgan fingerprint density at radius 3 is 2.24 bits per heavy atom. The van der Waals surface area contributed by atoms with Gasteiger partial charge in [-0.3, -0.25) is 14.5 Å². The normalized spacial score (nSPS) is 20.9. The maximum absolute atomic E-state index is 14.1. The first-order valence-electron chi connectivity index (χ1n) is 18.2.